The van der Waals surface area contributed by atoms with Crippen molar-refractivity contribution in [3.8, 4) is 0 Å². The van der Waals surface area contributed by atoms with Crippen LogP contribution in [0.3, 0.4) is 0 Å². The first-order valence-corrected chi connectivity index (χ1v) is 8.12. The highest BCUT2D eigenvalue weighted by atomic mass is 16.6. The van der Waals surface area contributed by atoms with Crippen molar-refractivity contribution >= 4 is 11.5 Å². The lowest BCUT2D eigenvalue weighted by Crippen LogP contribution is -2.54. The Bertz CT molecular complexity index is 742. The molecule has 1 saturated carbocycles. The Morgan fingerprint density at radius 3 is 2.54 bits per heavy atom. The second kappa shape index (κ2) is 5.36. The third kappa shape index (κ3) is 2.30. The summed E-state index contributed by atoms with van der Waals surface area (Å²) in [5.74, 6) is -0.442. The molecular weight excluding hydrogens is 312 g/mol. The molecule has 1 fully saturated rings. The molecule has 0 spiro atoms. The smallest absolute Gasteiger partial charge is 0.280 e. The standard InChI is InChI=1S/C17H20N2O5/c1-16(2)7-4-8-17(10-18(21)22)11-5-3-6-12(19(23)24)15(11)13(20)9-14(16)17/h3,5-6,14H,4,7-10H2,1-2H3. The monoisotopic (exact) mass is 332 g/mol. The lowest BCUT2D eigenvalue weighted by molar-refractivity contribution is -0.495. The molecule has 24 heavy (non-hydrogen) atoms. The Morgan fingerprint density at radius 1 is 1.21 bits per heavy atom. The fourth-order valence-corrected chi connectivity index (χ4v) is 4.94. The van der Waals surface area contributed by atoms with Crippen molar-refractivity contribution < 1.29 is 14.6 Å². The quantitative estimate of drug-likeness (QED) is 0.622. The van der Waals surface area contributed by atoms with E-state index in [1.807, 2.05) is 13.8 Å². The second-order valence-electron chi connectivity index (χ2n) is 7.63. The number of carbonyl (C=O) groups is 1. The first-order chi connectivity index (χ1) is 11.2. The van der Waals surface area contributed by atoms with Gasteiger partial charge in [0.15, 0.2) is 5.78 Å². The van der Waals surface area contributed by atoms with E-state index in [4.69, 9.17) is 0 Å². The highest BCUT2D eigenvalue weighted by molar-refractivity contribution is 6.03. The normalized spacial score (nSPS) is 27.9. The summed E-state index contributed by atoms with van der Waals surface area (Å²) in [7, 11) is 0. The lowest BCUT2D eigenvalue weighted by atomic mass is 9.49. The molecule has 3 rings (SSSR count). The summed E-state index contributed by atoms with van der Waals surface area (Å²) in [6.45, 7) is 3.80. The van der Waals surface area contributed by atoms with Gasteiger partial charge in [-0.3, -0.25) is 25.0 Å². The van der Waals surface area contributed by atoms with E-state index in [1.54, 1.807) is 6.07 Å². The Hall–Kier alpha value is -2.31. The van der Waals surface area contributed by atoms with Crippen molar-refractivity contribution in [1.29, 1.82) is 0 Å². The van der Waals surface area contributed by atoms with Crippen LogP contribution in [0.1, 0.15) is 55.5 Å². The van der Waals surface area contributed by atoms with E-state index in [1.165, 1.54) is 12.1 Å². The number of ketones is 1. The molecule has 0 heterocycles. The molecule has 0 bridgehead atoms. The molecule has 2 aliphatic rings. The van der Waals surface area contributed by atoms with Crippen molar-refractivity contribution in [1.82, 2.24) is 0 Å². The van der Waals surface area contributed by atoms with Gasteiger partial charge >= 0.3 is 0 Å². The summed E-state index contributed by atoms with van der Waals surface area (Å²) in [6.07, 6.45) is 2.44. The number of fused-ring (bicyclic) bond motifs is 3. The van der Waals surface area contributed by atoms with Gasteiger partial charge in [-0.1, -0.05) is 32.4 Å². The third-order valence-corrected chi connectivity index (χ3v) is 5.91. The van der Waals surface area contributed by atoms with Crippen LogP contribution in [0.4, 0.5) is 5.69 Å². The van der Waals surface area contributed by atoms with Crippen LogP contribution in [-0.2, 0) is 5.41 Å². The molecule has 0 amide bonds. The zero-order valence-corrected chi connectivity index (χ0v) is 13.8. The van der Waals surface area contributed by atoms with Crippen molar-refractivity contribution in [2.45, 2.75) is 44.9 Å². The topological polar surface area (TPSA) is 103 Å². The average molecular weight is 332 g/mol. The zero-order valence-electron chi connectivity index (χ0n) is 13.8. The van der Waals surface area contributed by atoms with Crippen LogP contribution in [0.2, 0.25) is 0 Å². The SMILES string of the molecule is CC1(C)CCCC2(C[N+](=O)[O-])c3cccc([N+](=O)[O-])c3C(=O)CC12. The van der Waals surface area contributed by atoms with Crippen LogP contribution in [0.5, 0.6) is 0 Å². The van der Waals surface area contributed by atoms with Gasteiger partial charge in [0.2, 0.25) is 6.54 Å². The Morgan fingerprint density at radius 2 is 1.92 bits per heavy atom. The van der Waals surface area contributed by atoms with Gasteiger partial charge in [-0.15, -0.1) is 0 Å². The summed E-state index contributed by atoms with van der Waals surface area (Å²) in [5, 5.41) is 22.8. The minimum absolute atomic E-state index is 0.0818. The van der Waals surface area contributed by atoms with Gasteiger partial charge in [-0.05, 0) is 29.7 Å². The summed E-state index contributed by atoms with van der Waals surface area (Å²) in [5.41, 5.74) is -0.671. The average Bonchev–Trinajstić information content (AvgIpc) is 2.48. The first-order valence-electron chi connectivity index (χ1n) is 8.12. The number of nitrogens with zero attached hydrogens (tertiary/aromatic N) is 2. The van der Waals surface area contributed by atoms with Crippen molar-refractivity contribution in [3.63, 3.8) is 0 Å². The van der Waals surface area contributed by atoms with E-state index in [2.05, 4.69) is 0 Å². The predicted octanol–water partition coefficient (Wildman–Crippen LogP) is 3.52. The Labute approximate surface area is 139 Å². The van der Waals surface area contributed by atoms with E-state index in [-0.39, 0.29) is 46.3 Å². The molecule has 0 N–H and O–H groups in total. The maximum absolute atomic E-state index is 12.7. The molecule has 2 aliphatic carbocycles. The molecule has 2 unspecified atom stereocenters. The molecule has 128 valence electrons. The van der Waals surface area contributed by atoms with E-state index >= 15 is 0 Å². The molecule has 7 nitrogen and oxygen atoms in total. The van der Waals surface area contributed by atoms with Gasteiger partial charge < -0.3 is 0 Å². The highest BCUT2D eigenvalue weighted by Gasteiger charge is 2.58. The fourth-order valence-electron chi connectivity index (χ4n) is 4.94. The predicted molar refractivity (Wildman–Crippen MR) is 86.7 cm³/mol. The van der Waals surface area contributed by atoms with Crippen LogP contribution in [0.15, 0.2) is 18.2 Å². The van der Waals surface area contributed by atoms with Crippen LogP contribution in [-0.4, -0.2) is 22.2 Å². The molecule has 0 aliphatic heterocycles. The van der Waals surface area contributed by atoms with Gasteiger partial charge in [0.05, 0.1) is 15.9 Å². The van der Waals surface area contributed by atoms with Gasteiger partial charge in [-0.2, -0.15) is 0 Å². The number of benzene rings is 1. The molecule has 2 atom stereocenters. The minimum Gasteiger partial charge on any atom is -0.294 e. The molecule has 0 radical (unpaired) electrons. The maximum Gasteiger partial charge on any atom is 0.280 e. The van der Waals surface area contributed by atoms with Crippen molar-refractivity contribution in [3.05, 3.63) is 49.6 Å². The van der Waals surface area contributed by atoms with E-state index in [0.29, 0.717) is 12.0 Å². The second-order valence-corrected chi connectivity index (χ2v) is 7.63. The molecule has 1 aromatic rings. The first kappa shape index (κ1) is 16.5. The van der Waals surface area contributed by atoms with E-state index < -0.39 is 10.3 Å². The highest BCUT2D eigenvalue weighted by Crippen LogP contribution is 2.58. The number of carbonyl (C=O) groups excluding carboxylic acids is 1. The van der Waals surface area contributed by atoms with E-state index in [9.17, 15) is 25.0 Å². The van der Waals surface area contributed by atoms with Crippen LogP contribution < -0.4 is 0 Å². The molecule has 1 aromatic carbocycles. The largest absolute Gasteiger partial charge is 0.294 e. The van der Waals surface area contributed by atoms with Crippen LogP contribution >= 0.6 is 0 Å². The van der Waals surface area contributed by atoms with Gasteiger partial charge in [0, 0.05) is 17.4 Å². The number of hydrogen-bond acceptors (Lipinski definition) is 5. The third-order valence-electron chi connectivity index (χ3n) is 5.91. The summed E-state index contributed by atoms with van der Waals surface area (Å²) >= 11 is 0. The number of nitro benzene ring substituents is 1. The molecule has 0 aromatic heterocycles. The molecule has 7 heteroatoms. The fraction of sp³-hybridized carbons (Fsp3) is 0.588. The number of hydrogen-bond donors (Lipinski definition) is 0. The van der Waals surface area contributed by atoms with Gasteiger partial charge in [-0.25, -0.2) is 0 Å². The molecular formula is C17H20N2O5. The summed E-state index contributed by atoms with van der Waals surface area (Å²) in [4.78, 5) is 34.6. The Kier molecular flexibility index (Phi) is 3.69. The van der Waals surface area contributed by atoms with Gasteiger partial charge in [0.1, 0.15) is 0 Å². The van der Waals surface area contributed by atoms with Gasteiger partial charge in [0.25, 0.3) is 5.69 Å². The number of nitro groups is 2. The molecule has 0 saturated heterocycles. The van der Waals surface area contributed by atoms with E-state index in [0.717, 1.165) is 12.8 Å². The lowest BCUT2D eigenvalue weighted by Gasteiger charge is -2.53. The zero-order chi connectivity index (χ0) is 17.7. The summed E-state index contributed by atoms with van der Waals surface area (Å²) < 4.78 is 0. The Balaban J connectivity index is 2.29. The van der Waals surface area contributed by atoms with Crippen molar-refractivity contribution in [2.24, 2.45) is 11.3 Å². The van der Waals surface area contributed by atoms with Crippen LogP contribution in [0, 0.1) is 31.6 Å². The summed E-state index contributed by atoms with van der Waals surface area (Å²) in [6, 6.07) is 4.53. The van der Waals surface area contributed by atoms with Crippen molar-refractivity contribution in [2.75, 3.05) is 6.54 Å². The maximum atomic E-state index is 12.7. The minimum atomic E-state index is -0.805. The number of rotatable bonds is 3. The van der Waals surface area contributed by atoms with Crippen LogP contribution in [0.25, 0.3) is 0 Å². The number of Topliss-reactive ketones (excluding diaryl/α,β-unsaturated/α-hetero) is 1.